The van der Waals surface area contributed by atoms with Crippen LogP contribution < -0.4 is 5.32 Å². The van der Waals surface area contributed by atoms with Gasteiger partial charge in [-0.15, -0.1) is 0 Å². The Bertz CT molecular complexity index is 1280. The normalized spacial score (nSPS) is 18.8. The van der Waals surface area contributed by atoms with Gasteiger partial charge in [-0.1, -0.05) is 30.3 Å². The van der Waals surface area contributed by atoms with Gasteiger partial charge >= 0.3 is 0 Å². The molecule has 1 atom stereocenters. The van der Waals surface area contributed by atoms with Crippen molar-refractivity contribution in [2.75, 3.05) is 18.4 Å². The second-order valence-electron chi connectivity index (χ2n) is 8.15. The second-order valence-corrected chi connectivity index (χ2v) is 8.15. The van der Waals surface area contributed by atoms with Gasteiger partial charge < -0.3 is 20.3 Å². The minimum Gasteiger partial charge on any atom is -0.391 e. The van der Waals surface area contributed by atoms with Gasteiger partial charge in [0.25, 0.3) is 11.8 Å². The predicted octanol–water partition coefficient (Wildman–Crippen LogP) is 3.83. The van der Waals surface area contributed by atoms with Gasteiger partial charge in [-0.05, 0) is 42.7 Å². The number of hydrogen-bond acceptors (Lipinski definition) is 3. The summed E-state index contributed by atoms with van der Waals surface area (Å²) < 4.78 is 14.5. The number of amides is 2. The number of carbonyl (C=O) groups excluding carboxylic acids is 2. The molecular formula is C25H22FN3O3. The summed E-state index contributed by atoms with van der Waals surface area (Å²) >= 11 is 0. The topological polar surface area (TPSA) is 85.4 Å². The Morgan fingerprint density at radius 1 is 1.19 bits per heavy atom. The molecule has 6 nitrogen and oxygen atoms in total. The molecule has 3 aromatic rings. The maximum absolute atomic E-state index is 14.5. The molecule has 0 saturated carbocycles. The van der Waals surface area contributed by atoms with Crippen molar-refractivity contribution in [3.8, 4) is 11.1 Å². The molecule has 0 aliphatic carbocycles. The molecule has 1 fully saturated rings. The van der Waals surface area contributed by atoms with E-state index in [0.29, 0.717) is 64.3 Å². The van der Waals surface area contributed by atoms with Crippen LogP contribution in [0.15, 0.2) is 48.7 Å². The van der Waals surface area contributed by atoms with Gasteiger partial charge in [0.15, 0.2) is 0 Å². The van der Waals surface area contributed by atoms with Crippen molar-refractivity contribution in [2.45, 2.75) is 19.4 Å². The average Bonchev–Trinajstić information content (AvgIpc) is 3.46. The molecule has 2 amide bonds. The van der Waals surface area contributed by atoms with Gasteiger partial charge in [-0.25, -0.2) is 4.39 Å². The van der Waals surface area contributed by atoms with E-state index < -0.39 is 6.10 Å². The summed E-state index contributed by atoms with van der Waals surface area (Å²) in [6.45, 7) is 2.66. The Hall–Kier alpha value is -3.71. The Morgan fingerprint density at radius 3 is 2.72 bits per heavy atom. The molecule has 1 saturated heterocycles. The lowest BCUT2D eigenvalue weighted by Crippen LogP contribution is -2.29. The van der Waals surface area contributed by atoms with Crippen molar-refractivity contribution in [3.63, 3.8) is 0 Å². The molecule has 7 heteroatoms. The number of halogens is 1. The van der Waals surface area contributed by atoms with Crippen molar-refractivity contribution in [2.24, 2.45) is 0 Å². The molecule has 0 bridgehead atoms. The third kappa shape index (κ3) is 3.31. The van der Waals surface area contributed by atoms with Crippen LogP contribution in [0.1, 0.15) is 33.6 Å². The average molecular weight is 431 g/mol. The number of aromatic amines is 1. The second kappa shape index (κ2) is 7.76. The summed E-state index contributed by atoms with van der Waals surface area (Å²) in [5.74, 6) is -0.798. The fraction of sp³-hybridized carbons (Fsp3) is 0.200. The molecule has 162 valence electrons. The van der Waals surface area contributed by atoms with E-state index >= 15 is 0 Å². The maximum atomic E-state index is 14.5. The maximum Gasteiger partial charge on any atom is 0.256 e. The number of likely N-dealkylation sites (tertiary alicyclic amines) is 1. The van der Waals surface area contributed by atoms with E-state index in [9.17, 15) is 19.1 Å². The number of anilines is 1. The predicted molar refractivity (Wildman–Crippen MR) is 120 cm³/mol. The lowest BCUT2D eigenvalue weighted by atomic mass is 9.94. The third-order valence-electron chi connectivity index (χ3n) is 6.14. The Labute approximate surface area is 184 Å². The third-order valence-corrected chi connectivity index (χ3v) is 6.14. The first-order valence-electron chi connectivity index (χ1n) is 10.5. The van der Waals surface area contributed by atoms with Crippen LogP contribution >= 0.6 is 0 Å². The quantitative estimate of drug-likeness (QED) is 0.551. The zero-order valence-electron chi connectivity index (χ0n) is 17.5. The fourth-order valence-electron chi connectivity index (χ4n) is 4.42. The van der Waals surface area contributed by atoms with Crippen LogP contribution in [-0.2, 0) is 4.79 Å². The summed E-state index contributed by atoms with van der Waals surface area (Å²) in [4.78, 5) is 30.4. The van der Waals surface area contributed by atoms with Crippen molar-refractivity contribution >= 4 is 29.2 Å². The molecule has 2 aliphatic heterocycles. The first kappa shape index (κ1) is 20.2. The number of β-amino-alcohol motifs (C(OH)–C–C–N with tert-alkyl or cyclic N) is 1. The van der Waals surface area contributed by atoms with Crippen LogP contribution in [-0.4, -0.2) is 46.0 Å². The van der Waals surface area contributed by atoms with E-state index in [0.717, 1.165) is 0 Å². The van der Waals surface area contributed by atoms with Crippen LogP contribution in [0.2, 0.25) is 0 Å². The van der Waals surface area contributed by atoms with Crippen LogP contribution in [0.25, 0.3) is 22.8 Å². The van der Waals surface area contributed by atoms with Crippen LogP contribution in [0, 0.1) is 12.7 Å². The smallest absolute Gasteiger partial charge is 0.256 e. The molecule has 2 aliphatic rings. The van der Waals surface area contributed by atoms with Crippen LogP contribution in [0.3, 0.4) is 0 Å². The van der Waals surface area contributed by atoms with Crippen molar-refractivity contribution in [1.29, 1.82) is 0 Å². The molecule has 0 unspecified atom stereocenters. The highest BCUT2D eigenvalue weighted by Gasteiger charge is 2.30. The summed E-state index contributed by atoms with van der Waals surface area (Å²) in [5.41, 5.74) is 4.55. The van der Waals surface area contributed by atoms with E-state index in [1.54, 1.807) is 53.6 Å². The van der Waals surface area contributed by atoms with Crippen molar-refractivity contribution < 1.29 is 19.1 Å². The number of aliphatic hydroxyl groups is 1. The van der Waals surface area contributed by atoms with E-state index in [2.05, 4.69) is 10.3 Å². The van der Waals surface area contributed by atoms with Crippen molar-refractivity contribution in [3.05, 3.63) is 76.9 Å². The molecule has 5 rings (SSSR count). The first-order valence-corrected chi connectivity index (χ1v) is 10.5. The van der Waals surface area contributed by atoms with E-state index in [-0.39, 0.29) is 17.6 Å². The number of benzene rings is 2. The van der Waals surface area contributed by atoms with Gasteiger partial charge in [0.05, 0.1) is 17.2 Å². The van der Waals surface area contributed by atoms with E-state index in [1.165, 1.54) is 6.07 Å². The van der Waals surface area contributed by atoms with Gasteiger partial charge in [-0.3, -0.25) is 9.59 Å². The highest BCUT2D eigenvalue weighted by atomic mass is 19.1. The van der Waals surface area contributed by atoms with Crippen LogP contribution in [0.4, 0.5) is 10.1 Å². The first-order chi connectivity index (χ1) is 15.4. The Kier molecular flexibility index (Phi) is 4.90. The number of hydrogen-bond donors (Lipinski definition) is 3. The monoisotopic (exact) mass is 431 g/mol. The summed E-state index contributed by atoms with van der Waals surface area (Å²) in [7, 11) is 0. The van der Waals surface area contributed by atoms with Gasteiger partial charge in [0.2, 0.25) is 0 Å². The SMILES string of the molecule is Cc1c(C(=O)N2CC[C@@H](O)C2)c[nH]c1C=C1C(=O)Nc2cccc(-c3ccccc3F)c21. The highest BCUT2D eigenvalue weighted by molar-refractivity contribution is 6.36. The minimum absolute atomic E-state index is 0.150. The lowest BCUT2D eigenvalue weighted by Gasteiger charge is -2.15. The number of carbonyl (C=O) groups is 2. The fourth-order valence-corrected chi connectivity index (χ4v) is 4.42. The number of fused-ring (bicyclic) bond motifs is 1. The van der Waals surface area contributed by atoms with Gasteiger partial charge in [-0.2, -0.15) is 0 Å². The highest BCUT2D eigenvalue weighted by Crippen LogP contribution is 2.41. The summed E-state index contributed by atoms with van der Waals surface area (Å²) in [5, 5.41) is 12.6. The molecule has 3 N–H and O–H groups in total. The lowest BCUT2D eigenvalue weighted by molar-refractivity contribution is -0.110. The number of rotatable bonds is 3. The number of nitrogens with zero attached hydrogens (tertiary/aromatic N) is 1. The van der Waals surface area contributed by atoms with E-state index in [1.807, 2.05) is 6.92 Å². The molecule has 2 aromatic carbocycles. The molecular weight excluding hydrogens is 409 g/mol. The van der Waals surface area contributed by atoms with Crippen molar-refractivity contribution in [1.82, 2.24) is 9.88 Å². The molecule has 32 heavy (non-hydrogen) atoms. The molecule has 0 spiro atoms. The largest absolute Gasteiger partial charge is 0.391 e. The van der Waals surface area contributed by atoms with E-state index in [4.69, 9.17) is 0 Å². The molecule has 3 heterocycles. The standard InChI is InChI=1S/C25H22FN3O3/c1-14-19(25(32)29-10-9-15(30)13-29)12-27-22(14)11-18-23-17(16-5-2-3-7-20(16)26)6-4-8-21(23)28-24(18)31/h2-8,11-12,15,27,30H,9-10,13H2,1H3,(H,28,31)/t15-/m1/s1. The zero-order chi connectivity index (χ0) is 22.4. The molecule has 0 radical (unpaired) electrons. The number of nitrogens with one attached hydrogen (secondary N) is 2. The number of aliphatic hydroxyl groups excluding tert-OH is 1. The Balaban J connectivity index is 1.56. The number of aromatic nitrogens is 1. The Morgan fingerprint density at radius 2 is 1.97 bits per heavy atom. The van der Waals surface area contributed by atoms with Gasteiger partial charge in [0, 0.05) is 41.8 Å². The molecule has 1 aromatic heterocycles. The summed E-state index contributed by atoms with van der Waals surface area (Å²) in [6.07, 6.45) is 3.42. The number of H-pyrrole nitrogens is 1. The van der Waals surface area contributed by atoms with Crippen LogP contribution in [0.5, 0.6) is 0 Å². The minimum atomic E-state index is -0.490. The van der Waals surface area contributed by atoms with Gasteiger partial charge in [0.1, 0.15) is 5.82 Å². The zero-order valence-corrected chi connectivity index (χ0v) is 17.5. The summed E-state index contributed by atoms with van der Waals surface area (Å²) in [6, 6.07) is 11.8.